The first-order valence-corrected chi connectivity index (χ1v) is 2.18. The van der Waals surface area contributed by atoms with Gasteiger partial charge < -0.3 is 0 Å². The van der Waals surface area contributed by atoms with Crippen LogP contribution in [0.15, 0.2) is 0 Å². The smallest absolute Gasteiger partial charge is 0.0741 e. The van der Waals surface area contributed by atoms with E-state index in [0.29, 0.717) is 5.92 Å². The molecule has 1 fully saturated rings. The third-order valence-electron chi connectivity index (χ3n) is 0.837. The molecule has 1 heterocycles. The zero-order valence-electron chi connectivity index (χ0n) is 3.85. The third-order valence-corrected chi connectivity index (χ3v) is 0.837. The average molecular weight is 86.1 g/mol. The van der Waals surface area contributed by atoms with Gasteiger partial charge in [-0.3, -0.25) is 4.84 Å². The molecule has 35 valence electrons. The van der Waals surface area contributed by atoms with Crippen LogP contribution in [0.3, 0.4) is 0 Å². The lowest BCUT2D eigenvalue weighted by Crippen LogP contribution is -1.97. The number of hydrogen-bond acceptors (Lipinski definition) is 1. The first-order chi connectivity index (χ1) is 2.89. The Morgan fingerprint density at radius 2 is 2.67 bits per heavy atom. The number of hydrogen-bond donors (Lipinski definition) is 0. The van der Waals surface area contributed by atoms with Gasteiger partial charge in [0.1, 0.15) is 0 Å². The van der Waals surface area contributed by atoms with Gasteiger partial charge in [-0.05, 0) is 5.92 Å². The van der Waals surface area contributed by atoms with Crippen LogP contribution in [0, 0.1) is 5.92 Å². The highest BCUT2D eigenvalue weighted by Crippen LogP contribution is 1.99. The standard InChI is InChI=1S/C4H8NO/c1-4-2-5-6-3-4/h4H,2-3H2,1H3. The summed E-state index contributed by atoms with van der Waals surface area (Å²) in [7, 11) is 0. The van der Waals surface area contributed by atoms with E-state index in [1.54, 1.807) is 0 Å². The molecule has 1 saturated heterocycles. The molecule has 1 unspecified atom stereocenters. The van der Waals surface area contributed by atoms with Gasteiger partial charge in [-0.25, -0.2) is 0 Å². The van der Waals surface area contributed by atoms with Gasteiger partial charge in [0.05, 0.1) is 6.61 Å². The van der Waals surface area contributed by atoms with Crippen molar-refractivity contribution < 1.29 is 4.84 Å². The summed E-state index contributed by atoms with van der Waals surface area (Å²) in [5, 5.41) is 0. The van der Waals surface area contributed by atoms with E-state index in [1.807, 2.05) is 0 Å². The van der Waals surface area contributed by atoms with Crippen LogP contribution in [-0.2, 0) is 4.84 Å². The Hall–Kier alpha value is -0.0800. The van der Waals surface area contributed by atoms with Gasteiger partial charge in [-0.2, -0.15) is 0 Å². The molecule has 0 bridgehead atoms. The van der Waals surface area contributed by atoms with Crippen LogP contribution in [0.2, 0.25) is 0 Å². The monoisotopic (exact) mass is 86.1 g/mol. The van der Waals surface area contributed by atoms with Crippen LogP contribution < -0.4 is 5.48 Å². The van der Waals surface area contributed by atoms with E-state index in [4.69, 9.17) is 0 Å². The summed E-state index contributed by atoms with van der Waals surface area (Å²) in [5.41, 5.74) is 3.66. The first kappa shape index (κ1) is 4.09. The maximum Gasteiger partial charge on any atom is 0.0741 e. The molecule has 0 N–H and O–H groups in total. The summed E-state index contributed by atoms with van der Waals surface area (Å²) in [6.07, 6.45) is 0. The zero-order valence-corrected chi connectivity index (χ0v) is 3.85. The highest BCUT2D eigenvalue weighted by Gasteiger charge is 2.09. The summed E-state index contributed by atoms with van der Waals surface area (Å²) < 4.78 is 0. The van der Waals surface area contributed by atoms with Crippen LogP contribution >= 0.6 is 0 Å². The largest absolute Gasteiger partial charge is 0.282 e. The Morgan fingerprint density at radius 1 is 1.83 bits per heavy atom. The topological polar surface area (TPSA) is 23.3 Å². The molecule has 0 aliphatic carbocycles. The van der Waals surface area contributed by atoms with Crippen LogP contribution in [-0.4, -0.2) is 13.2 Å². The molecule has 0 amide bonds. The van der Waals surface area contributed by atoms with Crippen molar-refractivity contribution in [2.24, 2.45) is 5.92 Å². The molecular weight excluding hydrogens is 78.0 g/mol. The van der Waals surface area contributed by atoms with Crippen molar-refractivity contribution in [3.05, 3.63) is 0 Å². The van der Waals surface area contributed by atoms with E-state index < -0.39 is 0 Å². The summed E-state index contributed by atoms with van der Waals surface area (Å²) in [6.45, 7) is 3.83. The van der Waals surface area contributed by atoms with Crippen molar-refractivity contribution in [3.63, 3.8) is 0 Å². The molecule has 1 atom stereocenters. The predicted octanol–water partition coefficient (Wildman–Crippen LogP) is 0.172. The fourth-order valence-corrected chi connectivity index (χ4v) is 0.413. The van der Waals surface area contributed by atoms with Crippen LogP contribution in [0.25, 0.3) is 0 Å². The minimum absolute atomic E-state index is 0.657. The Morgan fingerprint density at radius 3 is 2.83 bits per heavy atom. The molecule has 6 heavy (non-hydrogen) atoms. The summed E-state index contributed by atoms with van der Waals surface area (Å²) in [4.78, 5) is 4.68. The minimum atomic E-state index is 0.657. The van der Waals surface area contributed by atoms with Gasteiger partial charge in [0.15, 0.2) is 0 Å². The second-order valence-electron chi connectivity index (χ2n) is 1.71. The summed E-state index contributed by atoms with van der Waals surface area (Å²) >= 11 is 0. The molecule has 0 aromatic heterocycles. The summed E-state index contributed by atoms with van der Waals surface area (Å²) in [5.74, 6) is 0.657. The maximum atomic E-state index is 4.68. The normalized spacial score (nSPS) is 34.5. The highest BCUT2D eigenvalue weighted by molar-refractivity contribution is 4.54. The molecule has 0 saturated carbocycles. The first-order valence-electron chi connectivity index (χ1n) is 2.18. The SMILES string of the molecule is CC1C[N]OC1. The van der Waals surface area contributed by atoms with E-state index in [-0.39, 0.29) is 0 Å². The van der Waals surface area contributed by atoms with Crippen molar-refractivity contribution in [2.75, 3.05) is 13.2 Å². The Kier molecular flexibility index (Phi) is 1.08. The zero-order chi connectivity index (χ0) is 4.41. The molecule has 1 aliphatic rings. The minimum Gasteiger partial charge on any atom is -0.282 e. The van der Waals surface area contributed by atoms with E-state index in [1.165, 1.54) is 0 Å². The molecule has 1 rings (SSSR count). The van der Waals surface area contributed by atoms with Crippen LogP contribution in [0.4, 0.5) is 0 Å². The van der Waals surface area contributed by atoms with Crippen molar-refractivity contribution in [3.8, 4) is 0 Å². The van der Waals surface area contributed by atoms with Gasteiger partial charge in [0.2, 0.25) is 0 Å². The lowest BCUT2D eigenvalue weighted by Gasteiger charge is -1.86. The van der Waals surface area contributed by atoms with Crippen LogP contribution in [0.1, 0.15) is 6.92 Å². The predicted molar refractivity (Wildman–Crippen MR) is 22.1 cm³/mol. The van der Waals surface area contributed by atoms with Gasteiger partial charge >= 0.3 is 0 Å². The molecule has 2 nitrogen and oxygen atoms in total. The molecular formula is C4H8NO. The van der Waals surface area contributed by atoms with Crippen molar-refractivity contribution in [1.29, 1.82) is 0 Å². The third kappa shape index (κ3) is 0.698. The van der Waals surface area contributed by atoms with Gasteiger partial charge in [-0.15, -0.1) is 0 Å². The van der Waals surface area contributed by atoms with Crippen LogP contribution in [0.5, 0.6) is 0 Å². The lowest BCUT2D eigenvalue weighted by atomic mass is 10.2. The second kappa shape index (κ2) is 1.58. The number of hydroxylamine groups is 1. The Labute approximate surface area is 37.4 Å². The molecule has 1 radical (unpaired) electrons. The maximum absolute atomic E-state index is 4.68. The molecule has 0 aromatic carbocycles. The van der Waals surface area contributed by atoms with Crippen molar-refractivity contribution in [1.82, 2.24) is 5.48 Å². The van der Waals surface area contributed by atoms with E-state index in [9.17, 15) is 0 Å². The molecule has 0 spiro atoms. The van der Waals surface area contributed by atoms with Crippen molar-refractivity contribution in [2.45, 2.75) is 6.92 Å². The van der Waals surface area contributed by atoms with E-state index >= 15 is 0 Å². The average Bonchev–Trinajstić information content (AvgIpc) is 1.86. The Bertz CT molecular complexity index is 40.8. The Balaban J connectivity index is 2.18. The van der Waals surface area contributed by atoms with E-state index in [0.717, 1.165) is 13.2 Å². The summed E-state index contributed by atoms with van der Waals surface area (Å²) in [6, 6.07) is 0. The molecule has 1 aliphatic heterocycles. The highest BCUT2D eigenvalue weighted by atomic mass is 16.7. The molecule has 0 aromatic rings. The quantitative estimate of drug-likeness (QED) is 0.412. The van der Waals surface area contributed by atoms with Gasteiger partial charge in [0, 0.05) is 6.54 Å². The fraction of sp³-hybridized carbons (Fsp3) is 1.00. The number of nitrogens with zero attached hydrogens (tertiary/aromatic N) is 1. The van der Waals surface area contributed by atoms with E-state index in [2.05, 4.69) is 17.2 Å². The van der Waals surface area contributed by atoms with Crippen molar-refractivity contribution >= 4 is 0 Å². The lowest BCUT2D eigenvalue weighted by molar-refractivity contribution is 0.0901. The van der Waals surface area contributed by atoms with Gasteiger partial charge in [0.25, 0.3) is 0 Å². The fourth-order valence-electron chi connectivity index (χ4n) is 0.413. The second-order valence-corrected chi connectivity index (χ2v) is 1.71. The van der Waals surface area contributed by atoms with Gasteiger partial charge in [-0.1, -0.05) is 12.4 Å². The molecule has 2 heteroatoms. The number of rotatable bonds is 0.